The number of rotatable bonds is 0. The quantitative estimate of drug-likeness (QED) is 0.312. The van der Waals surface area contributed by atoms with Crippen LogP contribution in [0.2, 0.25) is 0 Å². The van der Waals surface area contributed by atoms with Crippen molar-refractivity contribution in [3.63, 3.8) is 0 Å². The summed E-state index contributed by atoms with van der Waals surface area (Å²) in [5, 5.41) is 0. The fourth-order valence-corrected chi connectivity index (χ4v) is 0. The molecule has 0 saturated carbocycles. The van der Waals surface area contributed by atoms with Gasteiger partial charge < -0.3 is 0 Å². The Bertz CT molecular complexity index is 8.00. The van der Waals surface area contributed by atoms with Crippen LogP contribution < -0.4 is 0 Å². The maximum atomic E-state index is 0. The fourth-order valence-electron chi connectivity index (χ4n) is 0. The SMILES string of the molecule is P.S.[Cr].[Li]. The normalized spacial score (nSPS) is 0. The van der Waals surface area contributed by atoms with Crippen LogP contribution in [0.15, 0.2) is 0 Å². The fraction of sp³-hybridized carbons (Fsp3) is 0. The molecule has 0 heterocycles. The van der Waals surface area contributed by atoms with Gasteiger partial charge in [-0.25, -0.2) is 0 Å². The third kappa shape index (κ3) is 9.08. The van der Waals surface area contributed by atoms with E-state index in [1.807, 2.05) is 0 Å². The van der Waals surface area contributed by atoms with E-state index in [2.05, 4.69) is 0 Å². The molecule has 0 aromatic heterocycles. The number of hydrogen-bond acceptors (Lipinski definition) is 0. The first kappa shape index (κ1) is 39.1. The maximum Gasteiger partial charge on any atom is 0 e. The Balaban J connectivity index is 0. The molecule has 0 aliphatic rings. The van der Waals surface area contributed by atoms with Crippen molar-refractivity contribution in [2.75, 3.05) is 0 Å². The Morgan fingerprint density at radius 2 is 1.00 bits per heavy atom. The second-order valence-electron chi connectivity index (χ2n) is 0. The first-order valence-corrected chi connectivity index (χ1v) is 0. The number of hydrogen-bond donors (Lipinski definition) is 0. The van der Waals surface area contributed by atoms with Crippen molar-refractivity contribution in [2.24, 2.45) is 0 Å². The molecule has 1 radical (unpaired) electrons. The van der Waals surface area contributed by atoms with Crippen LogP contribution in [-0.2, 0) is 17.4 Å². The van der Waals surface area contributed by atoms with E-state index < -0.39 is 0 Å². The predicted molar refractivity (Wildman–Crippen MR) is 27.2 cm³/mol. The molecule has 0 fully saturated rings. The molecule has 0 aromatic rings. The van der Waals surface area contributed by atoms with Crippen molar-refractivity contribution < 1.29 is 17.4 Å². The summed E-state index contributed by atoms with van der Waals surface area (Å²) in [4.78, 5) is 0. The van der Waals surface area contributed by atoms with Gasteiger partial charge in [-0.3, -0.25) is 0 Å². The van der Waals surface area contributed by atoms with Gasteiger partial charge in [0.05, 0.1) is 0 Å². The molecule has 0 rings (SSSR count). The van der Waals surface area contributed by atoms with Gasteiger partial charge in [-0.1, -0.05) is 0 Å². The van der Waals surface area contributed by atoms with Crippen LogP contribution in [0.1, 0.15) is 0 Å². The van der Waals surface area contributed by atoms with Crippen LogP contribution >= 0.6 is 23.4 Å². The summed E-state index contributed by atoms with van der Waals surface area (Å²) in [5.74, 6) is 0. The van der Waals surface area contributed by atoms with Crippen molar-refractivity contribution in [1.29, 1.82) is 0 Å². The molecule has 0 aliphatic carbocycles. The van der Waals surface area contributed by atoms with Crippen molar-refractivity contribution in [2.45, 2.75) is 0 Å². The van der Waals surface area contributed by atoms with E-state index in [1.54, 1.807) is 0 Å². The van der Waals surface area contributed by atoms with E-state index in [0.717, 1.165) is 0 Å². The molecule has 0 bridgehead atoms. The summed E-state index contributed by atoms with van der Waals surface area (Å²) in [6.45, 7) is 0. The molecule has 0 saturated heterocycles. The molecule has 0 spiro atoms. The molecule has 0 nitrogen and oxygen atoms in total. The second-order valence-corrected chi connectivity index (χ2v) is 0. The van der Waals surface area contributed by atoms with Gasteiger partial charge >= 0.3 is 0 Å². The van der Waals surface area contributed by atoms with Gasteiger partial charge in [-0.15, -0.1) is 0 Å². The van der Waals surface area contributed by atoms with Crippen molar-refractivity contribution in [3.8, 4) is 0 Å². The first-order valence-electron chi connectivity index (χ1n) is 0. The van der Waals surface area contributed by atoms with Crippen LogP contribution in [0.5, 0.6) is 0 Å². The largest absolute Gasteiger partial charge is 0.197 e. The third-order valence-corrected chi connectivity index (χ3v) is 0. The first-order chi connectivity index (χ1) is 0. The average Bonchev–Trinajstić information content (AvgIpc) is 0. The molecule has 4 heavy (non-hydrogen) atoms. The van der Waals surface area contributed by atoms with E-state index in [0.29, 0.717) is 0 Å². The molecule has 0 N–H and O–H groups in total. The van der Waals surface area contributed by atoms with E-state index >= 15 is 0 Å². The Morgan fingerprint density at radius 3 is 1.00 bits per heavy atom. The standard InChI is InChI=1S/Cr.Li.H3P.H2S/h;;1H3;1H2. The monoisotopic (exact) mass is 127 g/mol. The zero-order chi connectivity index (χ0) is 0. The molecule has 23 valence electrons. The molecular formula is H5CrLiPS. The van der Waals surface area contributed by atoms with Crippen molar-refractivity contribution in [3.05, 3.63) is 0 Å². The summed E-state index contributed by atoms with van der Waals surface area (Å²) >= 11 is 0. The maximum absolute atomic E-state index is 0. The van der Waals surface area contributed by atoms with Crippen molar-refractivity contribution in [1.82, 2.24) is 0 Å². The van der Waals surface area contributed by atoms with Crippen LogP contribution in [0, 0.1) is 0 Å². The molecule has 1 unspecified atom stereocenters. The van der Waals surface area contributed by atoms with E-state index in [-0.39, 0.29) is 59.6 Å². The Kier molecular flexibility index (Phi) is 201. The summed E-state index contributed by atoms with van der Waals surface area (Å²) in [7, 11) is 0. The van der Waals surface area contributed by atoms with Gasteiger partial charge in [0.25, 0.3) is 0 Å². The molecule has 1 atom stereocenters. The minimum absolute atomic E-state index is 0. The van der Waals surface area contributed by atoms with Crippen LogP contribution in [0.4, 0.5) is 0 Å². The minimum Gasteiger partial charge on any atom is -0.197 e. The Morgan fingerprint density at radius 1 is 1.00 bits per heavy atom. The molecule has 0 aliphatic heterocycles. The van der Waals surface area contributed by atoms with Crippen LogP contribution in [0.25, 0.3) is 0 Å². The van der Waals surface area contributed by atoms with E-state index in [4.69, 9.17) is 0 Å². The second kappa shape index (κ2) is 20.6. The molecular weight excluding hydrogens is 122 g/mol. The van der Waals surface area contributed by atoms with Crippen LogP contribution in [0.3, 0.4) is 0 Å². The summed E-state index contributed by atoms with van der Waals surface area (Å²) < 4.78 is 0. The zero-order valence-electron chi connectivity index (χ0n) is 2.62. The van der Waals surface area contributed by atoms with Gasteiger partial charge in [0, 0.05) is 36.2 Å². The predicted octanol–water partition coefficient (Wildman–Crippen LogP) is -0.212. The van der Waals surface area contributed by atoms with E-state index in [9.17, 15) is 0 Å². The van der Waals surface area contributed by atoms with Crippen LogP contribution in [-0.4, -0.2) is 18.9 Å². The molecule has 4 heteroatoms. The average molecular weight is 127 g/mol. The van der Waals surface area contributed by atoms with E-state index in [1.165, 1.54) is 0 Å². The van der Waals surface area contributed by atoms with Gasteiger partial charge in [-0.2, -0.15) is 23.4 Å². The Hall–Kier alpha value is 1.91. The summed E-state index contributed by atoms with van der Waals surface area (Å²) in [6, 6.07) is 0. The Labute approximate surface area is 59.5 Å². The van der Waals surface area contributed by atoms with Gasteiger partial charge in [0.15, 0.2) is 0 Å². The molecule has 0 amide bonds. The van der Waals surface area contributed by atoms with Crippen molar-refractivity contribution >= 4 is 42.3 Å². The smallest absolute Gasteiger partial charge is 0 e. The van der Waals surface area contributed by atoms with Gasteiger partial charge in [0.1, 0.15) is 0 Å². The molecule has 0 aromatic carbocycles. The summed E-state index contributed by atoms with van der Waals surface area (Å²) in [5.41, 5.74) is 0. The summed E-state index contributed by atoms with van der Waals surface area (Å²) in [6.07, 6.45) is 0. The minimum atomic E-state index is 0. The topological polar surface area (TPSA) is 0 Å². The zero-order valence-corrected chi connectivity index (χ0v) is 6.30. The third-order valence-electron chi connectivity index (χ3n) is 0. The van der Waals surface area contributed by atoms with Gasteiger partial charge in [0.2, 0.25) is 0 Å². The van der Waals surface area contributed by atoms with Gasteiger partial charge in [-0.05, 0) is 0 Å².